The van der Waals surface area contributed by atoms with Gasteiger partial charge in [0.15, 0.2) is 0 Å². The van der Waals surface area contributed by atoms with E-state index < -0.39 is 5.41 Å². The summed E-state index contributed by atoms with van der Waals surface area (Å²) in [6.45, 7) is 0. The molecule has 0 bridgehead atoms. The predicted molar refractivity (Wildman–Crippen MR) is 184 cm³/mol. The topological polar surface area (TPSA) is 18.5 Å². The average Bonchev–Trinajstić information content (AvgIpc) is 3.59. The van der Waals surface area contributed by atoms with E-state index in [2.05, 4.69) is 97.1 Å². The van der Waals surface area contributed by atoms with Crippen molar-refractivity contribution in [1.82, 2.24) is 0 Å². The van der Waals surface area contributed by atoms with E-state index in [0.717, 1.165) is 78.3 Å². The molecule has 0 amide bonds. The van der Waals surface area contributed by atoms with E-state index in [1.165, 1.54) is 0 Å². The molecule has 1 atom stereocenters. The quantitative estimate of drug-likeness (QED) is 0.190. The van der Waals surface area contributed by atoms with Crippen LogP contribution in [0.3, 0.4) is 0 Å². The molecule has 3 heteroatoms. The van der Waals surface area contributed by atoms with Crippen molar-refractivity contribution in [2.24, 2.45) is 0 Å². The summed E-state index contributed by atoms with van der Waals surface area (Å²) >= 11 is 0. The second-order valence-corrected chi connectivity index (χ2v) is 11.7. The van der Waals surface area contributed by atoms with Crippen LogP contribution in [0.25, 0.3) is 22.3 Å². The number of allylic oxidation sites excluding steroid dienone is 2. The van der Waals surface area contributed by atoms with E-state index in [4.69, 9.17) is 9.47 Å². The Bertz CT molecular complexity index is 2140. The zero-order valence-corrected chi connectivity index (χ0v) is 25.6. The Morgan fingerprint density at radius 1 is 0.435 bits per heavy atom. The van der Waals surface area contributed by atoms with Crippen LogP contribution in [-0.4, -0.2) is 14.2 Å². The summed E-state index contributed by atoms with van der Waals surface area (Å²) < 4.78 is 26.9. The lowest BCUT2D eigenvalue weighted by molar-refractivity contribution is 0.414. The molecule has 6 aromatic carbocycles. The van der Waals surface area contributed by atoms with Gasteiger partial charge < -0.3 is 9.47 Å². The van der Waals surface area contributed by atoms with Crippen LogP contribution < -0.4 is 9.47 Å². The molecule has 0 saturated carbocycles. The molecule has 0 saturated heterocycles. The summed E-state index contributed by atoms with van der Waals surface area (Å²) in [4.78, 5) is 0. The van der Waals surface area contributed by atoms with Crippen molar-refractivity contribution in [2.45, 2.75) is 5.41 Å². The van der Waals surface area contributed by atoms with Crippen molar-refractivity contribution in [3.05, 3.63) is 202 Å². The molecule has 2 aliphatic rings. The number of hydrogen-bond acceptors (Lipinski definition) is 2. The monoisotopic (exact) mass is 598 g/mol. The highest BCUT2D eigenvalue weighted by atomic mass is 19.1. The summed E-state index contributed by atoms with van der Waals surface area (Å²) in [6.07, 6.45) is 0. The van der Waals surface area contributed by atoms with Crippen LogP contribution >= 0.6 is 0 Å². The number of benzene rings is 6. The zero-order valence-electron chi connectivity index (χ0n) is 25.6. The molecule has 222 valence electrons. The van der Waals surface area contributed by atoms with E-state index in [-0.39, 0.29) is 5.82 Å². The van der Waals surface area contributed by atoms with Gasteiger partial charge >= 0.3 is 0 Å². The van der Waals surface area contributed by atoms with E-state index in [9.17, 15) is 0 Å². The number of hydrogen-bond donors (Lipinski definition) is 0. The predicted octanol–water partition coefficient (Wildman–Crippen LogP) is 10.1. The van der Waals surface area contributed by atoms with Gasteiger partial charge in [-0.1, -0.05) is 115 Å². The number of methoxy groups -OCH3 is 2. The van der Waals surface area contributed by atoms with Crippen molar-refractivity contribution in [3.63, 3.8) is 0 Å². The second kappa shape index (κ2) is 11.0. The number of rotatable bonds is 6. The van der Waals surface area contributed by atoms with Crippen molar-refractivity contribution < 1.29 is 13.9 Å². The highest BCUT2D eigenvalue weighted by Gasteiger charge is 2.55. The first kappa shape index (κ1) is 27.8. The van der Waals surface area contributed by atoms with Crippen LogP contribution in [0, 0.1) is 5.82 Å². The minimum absolute atomic E-state index is 0.263. The van der Waals surface area contributed by atoms with E-state index >= 15 is 4.39 Å². The van der Waals surface area contributed by atoms with Crippen LogP contribution in [0.15, 0.2) is 152 Å². The molecule has 0 N–H and O–H groups in total. The molecule has 2 aliphatic carbocycles. The molecule has 0 aromatic heterocycles. The Labute approximate surface area is 268 Å². The van der Waals surface area contributed by atoms with Crippen LogP contribution in [-0.2, 0) is 5.41 Å². The first-order chi connectivity index (χ1) is 22.6. The van der Waals surface area contributed by atoms with Gasteiger partial charge in [-0.3, -0.25) is 0 Å². The van der Waals surface area contributed by atoms with Crippen molar-refractivity contribution in [2.75, 3.05) is 14.2 Å². The van der Waals surface area contributed by atoms with Gasteiger partial charge in [0, 0.05) is 0 Å². The van der Waals surface area contributed by atoms with Gasteiger partial charge in [0.2, 0.25) is 0 Å². The lowest BCUT2D eigenvalue weighted by Crippen LogP contribution is -2.28. The van der Waals surface area contributed by atoms with Crippen LogP contribution in [0.5, 0.6) is 11.5 Å². The standard InChI is InChI=1S/C43H31FO2/c1-45-33-22-17-29(18-23-33)40-36-26-21-32(44)27-38(36)43(42(40)31-19-24-34(46-2)25-20-31)37-16-10-9-15-35(37)39(28-11-5-3-6-12-28)41(43)30-13-7-4-8-14-30/h3-27H,1-2H3. The Morgan fingerprint density at radius 2 is 0.891 bits per heavy atom. The molecular weight excluding hydrogens is 567 g/mol. The maximum absolute atomic E-state index is 15.7. The number of fused-ring (bicyclic) bond motifs is 4. The SMILES string of the molecule is COc1ccc(C2=C(c3ccc(OC)cc3)C3(C(c4ccccc4)=C(c4ccccc4)c4ccccc43)c3cc(F)ccc32)cc1. The molecular formula is C43H31FO2. The fraction of sp³-hybridized carbons (Fsp3) is 0.0698. The molecule has 8 rings (SSSR count). The van der Waals surface area contributed by atoms with E-state index in [0.29, 0.717) is 0 Å². The van der Waals surface area contributed by atoms with Gasteiger partial charge in [-0.05, 0) is 103 Å². The Hall–Kier alpha value is -5.67. The summed E-state index contributed by atoms with van der Waals surface area (Å²) in [5.74, 6) is 1.30. The third-order valence-electron chi connectivity index (χ3n) is 9.39. The summed E-state index contributed by atoms with van der Waals surface area (Å²) in [5, 5.41) is 0. The molecule has 0 fully saturated rings. The third-order valence-corrected chi connectivity index (χ3v) is 9.39. The number of ether oxygens (including phenoxy) is 2. The van der Waals surface area contributed by atoms with Gasteiger partial charge in [-0.2, -0.15) is 0 Å². The lowest BCUT2D eigenvalue weighted by Gasteiger charge is -2.35. The minimum Gasteiger partial charge on any atom is -0.497 e. The van der Waals surface area contributed by atoms with Gasteiger partial charge in [-0.15, -0.1) is 0 Å². The van der Waals surface area contributed by atoms with Gasteiger partial charge in [0.1, 0.15) is 17.3 Å². The van der Waals surface area contributed by atoms with Crippen molar-refractivity contribution in [1.29, 1.82) is 0 Å². The normalized spacial score (nSPS) is 16.5. The maximum atomic E-state index is 15.7. The smallest absolute Gasteiger partial charge is 0.123 e. The molecule has 1 spiro atoms. The van der Waals surface area contributed by atoms with Crippen molar-refractivity contribution >= 4 is 22.3 Å². The molecule has 6 aromatic rings. The Kier molecular flexibility index (Phi) is 6.69. The molecule has 2 nitrogen and oxygen atoms in total. The molecule has 1 unspecified atom stereocenters. The summed E-state index contributed by atoms with van der Waals surface area (Å²) in [5.41, 5.74) is 12.2. The average molecular weight is 599 g/mol. The van der Waals surface area contributed by atoms with Gasteiger partial charge in [0.05, 0.1) is 19.6 Å². The zero-order chi connectivity index (χ0) is 31.3. The highest BCUT2D eigenvalue weighted by Crippen LogP contribution is 2.67. The summed E-state index contributed by atoms with van der Waals surface area (Å²) in [6, 6.07) is 51.6. The molecule has 0 aliphatic heterocycles. The first-order valence-electron chi connectivity index (χ1n) is 15.4. The third kappa shape index (κ3) is 4.09. The van der Waals surface area contributed by atoms with Gasteiger partial charge in [-0.25, -0.2) is 4.39 Å². The van der Waals surface area contributed by atoms with Crippen LogP contribution in [0.2, 0.25) is 0 Å². The molecule has 0 heterocycles. The fourth-order valence-corrected chi connectivity index (χ4v) is 7.57. The minimum atomic E-state index is -0.829. The molecule has 0 radical (unpaired) electrons. The lowest BCUT2D eigenvalue weighted by atomic mass is 9.65. The van der Waals surface area contributed by atoms with Crippen molar-refractivity contribution in [3.8, 4) is 11.5 Å². The second-order valence-electron chi connectivity index (χ2n) is 11.7. The number of halogens is 1. The Morgan fingerprint density at radius 3 is 1.48 bits per heavy atom. The van der Waals surface area contributed by atoms with Crippen LogP contribution in [0.4, 0.5) is 4.39 Å². The highest BCUT2D eigenvalue weighted by molar-refractivity contribution is 6.22. The molecule has 46 heavy (non-hydrogen) atoms. The first-order valence-corrected chi connectivity index (χ1v) is 15.4. The summed E-state index contributed by atoms with van der Waals surface area (Å²) in [7, 11) is 3.36. The van der Waals surface area contributed by atoms with E-state index in [1.54, 1.807) is 26.4 Å². The largest absolute Gasteiger partial charge is 0.497 e. The fourth-order valence-electron chi connectivity index (χ4n) is 7.57. The van der Waals surface area contributed by atoms with Crippen LogP contribution in [0.1, 0.15) is 44.5 Å². The maximum Gasteiger partial charge on any atom is 0.123 e. The van der Waals surface area contributed by atoms with Gasteiger partial charge in [0.25, 0.3) is 0 Å². The van der Waals surface area contributed by atoms with E-state index in [1.807, 2.05) is 42.5 Å². The Balaban J connectivity index is 1.61.